The first-order chi connectivity index (χ1) is 14.9. The number of hydrogen-bond acceptors (Lipinski definition) is 5. The van der Waals surface area contributed by atoms with Crippen LogP contribution in [0.2, 0.25) is 0 Å². The fourth-order valence-corrected chi connectivity index (χ4v) is 4.07. The van der Waals surface area contributed by atoms with Gasteiger partial charge >= 0.3 is 0 Å². The van der Waals surface area contributed by atoms with Crippen LogP contribution >= 0.6 is 15.9 Å². The summed E-state index contributed by atoms with van der Waals surface area (Å²) in [6.07, 6.45) is 0.609. The van der Waals surface area contributed by atoms with E-state index in [4.69, 9.17) is 14.6 Å². The van der Waals surface area contributed by atoms with Crippen molar-refractivity contribution in [1.82, 2.24) is 20.0 Å². The van der Waals surface area contributed by atoms with Crippen molar-refractivity contribution >= 4 is 21.8 Å². The van der Waals surface area contributed by atoms with Gasteiger partial charge in [-0.05, 0) is 56.1 Å². The highest BCUT2D eigenvalue weighted by Crippen LogP contribution is 2.44. The van der Waals surface area contributed by atoms with Crippen molar-refractivity contribution in [2.45, 2.75) is 6.42 Å². The van der Waals surface area contributed by atoms with Crippen LogP contribution in [0.1, 0.15) is 21.6 Å². The van der Waals surface area contributed by atoms with E-state index in [1.54, 1.807) is 14.2 Å². The number of benzene rings is 2. The number of amides is 1. The first-order valence-corrected chi connectivity index (χ1v) is 10.8. The van der Waals surface area contributed by atoms with Gasteiger partial charge in [0.1, 0.15) is 0 Å². The minimum Gasteiger partial charge on any atom is -0.493 e. The molecule has 0 atom stereocenters. The number of aromatic nitrogens is 2. The van der Waals surface area contributed by atoms with Gasteiger partial charge in [-0.25, -0.2) is 4.68 Å². The first-order valence-electron chi connectivity index (χ1n) is 9.99. The van der Waals surface area contributed by atoms with Gasteiger partial charge in [0, 0.05) is 35.1 Å². The molecule has 4 rings (SSSR count). The Labute approximate surface area is 190 Å². The summed E-state index contributed by atoms with van der Waals surface area (Å²) in [7, 11) is 7.20. The van der Waals surface area contributed by atoms with Crippen molar-refractivity contribution in [1.29, 1.82) is 0 Å². The van der Waals surface area contributed by atoms with Gasteiger partial charge in [0.2, 0.25) is 0 Å². The number of rotatable bonds is 7. The van der Waals surface area contributed by atoms with Gasteiger partial charge in [0.05, 0.1) is 25.6 Å². The maximum Gasteiger partial charge on any atom is 0.272 e. The van der Waals surface area contributed by atoms with E-state index in [9.17, 15) is 4.79 Å². The maximum atomic E-state index is 13.0. The van der Waals surface area contributed by atoms with Crippen LogP contribution in [0.5, 0.6) is 11.5 Å². The molecule has 162 valence electrons. The van der Waals surface area contributed by atoms with Crippen molar-refractivity contribution in [2.24, 2.45) is 0 Å². The summed E-state index contributed by atoms with van der Waals surface area (Å²) in [6.45, 7) is 1.32. The molecule has 0 fully saturated rings. The third-order valence-corrected chi connectivity index (χ3v) is 5.87. The van der Waals surface area contributed by atoms with Crippen LogP contribution in [0.4, 0.5) is 0 Å². The Morgan fingerprint density at radius 1 is 1.16 bits per heavy atom. The molecule has 1 N–H and O–H groups in total. The Kier molecular flexibility index (Phi) is 6.02. The Balaban J connectivity index is 1.82. The first kappa shape index (κ1) is 21.4. The molecule has 0 spiro atoms. The SMILES string of the molecule is COc1cc2c(cc1OC)-c1c(c(C(=O)NCCN(C)C)nn1-c1ccc(Br)cc1)C2. The van der Waals surface area contributed by atoms with E-state index in [-0.39, 0.29) is 5.91 Å². The van der Waals surface area contributed by atoms with Crippen molar-refractivity contribution in [3.05, 3.63) is 57.7 Å². The van der Waals surface area contributed by atoms with Crippen molar-refractivity contribution < 1.29 is 14.3 Å². The van der Waals surface area contributed by atoms with Crippen LogP contribution in [-0.4, -0.2) is 62.0 Å². The third-order valence-electron chi connectivity index (χ3n) is 5.35. The highest BCUT2D eigenvalue weighted by atomic mass is 79.9. The molecule has 1 heterocycles. The Hall–Kier alpha value is -2.84. The van der Waals surface area contributed by atoms with Gasteiger partial charge in [0.15, 0.2) is 17.2 Å². The summed E-state index contributed by atoms with van der Waals surface area (Å²) in [6, 6.07) is 11.8. The summed E-state index contributed by atoms with van der Waals surface area (Å²) in [4.78, 5) is 15.0. The molecule has 0 radical (unpaired) electrons. The molecule has 0 saturated heterocycles. The molecule has 3 aromatic rings. The molecular weight excluding hydrogens is 460 g/mol. The van der Waals surface area contributed by atoms with Crippen LogP contribution in [0.3, 0.4) is 0 Å². The molecule has 0 saturated carbocycles. The lowest BCUT2D eigenvalue weighted by atomic mass is 10.1. The molecule has 8 heteroatoms. The highest BCUT2D eigenvalue weighted by Gasteiger charge is 2.32. The lowest BCUT2D eigenvalue weighted by Crippen LogP contribution is -2.32. The van der Waals surface area contributed by atoms with Crippen LogP contribution in [0.15, 0.2) is 40.9 Å². The highest BCUT2D eigenvalue weighted by molar-refractivity contribution is 9.10. The van der Waals surface area contributed by atoms with Crippen LogP contribution in [0, 0.1) is 0 Å². The number of fused-ring (bicyclic) bond motifs is 3. The largest absolute Gasteiger partial charge is 0.493 e. The maximum absolute atomic E-state index is 13.0. The number of likely N-dealkylation sites (N-methyl/N-ethyl adjacent to an activating group) is 1. The molecule has 1 amide bonds. The Bertz CT molecular complexity index is 1120. The zero-order valence-electron chi connectivity index (χ0n) is 18.0. The van der Waals surface area contributed by atoms with E-state index >= 15 is 0 Å². The second kappa shape index (κ2) is 8.72. The average Bonchev–Trinajstić information content (AvgIpc) is 3.29. The van der Waals surface area contributed by atoms with Crippen molar-refractivity contribution in [2.75, 3.05) is 41.4 Å². The summed E-state index contributed by atoms with van der Waals surface area (Å²) in [5.74, 6) is 1.15. The number of nitrogens with zero attached hydrogens (tertiary/aromatic N) is 3. The Morgan fingerprint density at radius 3 is 2.48 bits per heavy atom. The van der Waals surface area contributed by atoms with Gasteiger partial charge in [-0.3, -0.25) is 4.79 Å². The van der Waals surface area contributed by atoms with Gasteiger partial charge in [-0.15, -0.1) is 0 Å². The second-order valence-corrected chi connectivity index (χ2v) is 8.58. The fraction of sp³-hybridized carbons (Fsp3) is 0.304. The number of carbonyl (C=O) groups excluding carboxylic acids is 1. The van der Waals surface area contributed by atoms with Crippen molar-refractivity contribution in [3.8, 4) is 28.4 Å². The van der Waals surface area contributed by atoms with Crippen LogP contribution < -0.4 is 14.8 Å². The molecule has 7 nitrogen and oxygen atoms in total. The van der Waals surface area contributed by atoms with Gasteiger partial charge in [-0.2, -0.15) is 5.10 Å². The van der Waals surface area contributed by atoms with Crippen LogP contribution in [-0.2, 0) is 6.42 Å². The van der Waals surface area contributed by atoms with E-state index in [0.717, 1.165) is 39.1 Å². The minimum absolute atomic E-state index is 0.166. The molecule has 1 aromatic heterocycles. The molecule has 31 heavy (non-hydrogen) atoms. The zero-order chi connectivity index (χ0) is 22.1. The lowest BCUT2D eigenvalue weighted by molar-refractivity contribution is 0.0945. The van der Waals surface area contributed by atoms with Gasteiger partial charge < -0.3 is 19.7 Å². The van der Waals surface area contributed by atoms with Crippen LogP contribution in [0.25, 0.3) is 16.9 Å². The summed E-state index contributed by atoms with van der Waals surface area (Å²) < 4.78 is 13.8. The van der Waals surface area contributed by atoms with E-state index in [1.807, 2.05) is 60.1 Å². The second-order valence-electron chi connectivity index (χ2n) is 7.66. The summed E-state index contributed by atoms with van der Waals surface area (Å²) in [5, 5.41) is 7.72. The fourth-order valence-electron chi connectivity index (χ4n) is 3.80. The normalized spacial score (nSPS) is 11.9. The summed E-state index contributed by atoms with van der Waals surface area (Å²) >= 11 is 3.48. The number of nitrogens with one attached hydrogen (secondary N) is 1. The van der Waals surface area contributed by atoms with E-state index in [0.29, 0.717) is 30.2 Å². The topological polar surface area (TPSA) is 68.6 Å². The molecule has 0 aliphatic heterocycles. The summed E-state index contributed by atoms with van der Waals surface area (Å²) in [5.41, 5.74) is 5.24. The average molecular weight is 485 g/mol. The van der Waals surface area contributed by atoms with E-state index < -0.39 is 0 Å². The minimum atomic E-state index is -0.166. The number of hydrogen-bond donors (Lipinski definition) is 1. The third kappa shape index (κ3) is 4.05. The molecule has 0 unspecified atom stereocenters. The predicted octanol–water partition coefficient (Wildman–Crippen LogP) is 3.51. The molecule has 2 aromatic carbocycles. The Morgan fingerprint density at radius 2 is 1.84 bits per heavy atom. The molecule has 1 aliphatic carbocycles. The number of ether oxygens (including phenoxy) is 2. The quantitative estimate of drug-likeness (QED) is 0.434. The number of methoxy groups -OCH3 is 2. The van der Waals surface area contributed by atoms with E-state index in [1.165, 1.54) is 0 Å². The van der Waals surface area contributed by atoms with Gasteiger partial charge in [0.25, 0.3) is 5.91 Å². The predicted molar refractivity (Wildman–Crippen MR) is 123 cm³/mol. The monoisotopic (exact) mass is 484 g/mol. The smallest absolute Gasteiger partial charge is 0.272 e. The number of halogens is 1. The van der Waals surface area contributed by atoms with Crippen molar-refractivity contribution in [3.63, 3.8) is 0 Å². The number of carbonyl (C=O) groups is 1. The molecular formula is C23H25BrN4O3. The lowest BCUT2D eigenvalue weighted by Gasteiger charge is -2.12. The van der Waals surface area contributed by atoms with Gasteiger partial charge in [-0.1, -0.05) is 15.9 Å². The van der Waals surface area contributed by atoms with E-state index in [2.05, 4.69) is 21.2 Å². The molecule has 1 aliphatic rings. The zero-order valence-corrected chi connectivity index (χ0v) is 19.6. The molecule has 0 bridgehead atoms. The standard InChI is InChI=1S/C23H25BrN4O3/c1-27(2)10-9-25-23(29)21-18-11-14-12-19(30-3)20(31-4)13-17(14)22(18)28(26-21)16-7-5-15(24)6-8-16/h5-8,12-13H,9-11H2,1-4H3,(H,25,29).